The summed E-state index contributed by atoms with van der Waals surface area (Å²) < 4.78 is 0. The summed E-state index contributed by atoms with van der Waals surface area (Å²) in [6, 6.07) is 6.65. The molecule has 0 aliphatic heterocycles. The lowest BCUT2D eigenvalue weighted by Gasteiger charge is -2.20. The molecular formula is C15H18N2O3. The second-order valence-electron chi connectivity index (χ2n) is 4.97. The van der Waals surface area contributed by atoms with E-state index >= 15 is 0 Å². The Kier molecular flexibility index (Phi) is 5.30. The lowest BCUT2D eigenvalue weighted by molar-refractivity contribution is -0.125. The van der Waals surface area contributed by atoms with Crippen LogP contribution in [0, 0.1) is 17.3 Å². The fourth-order valence-corrected chi connectivity index (χ4v) is 1.34. The van der Waals surface area contributed by atoms with Crippen LogP contribution in [0.25, 0.3) is 0 Å². The summed E-state index contributed by atoms with van der Waals surface area (Å²) in [6.07, 6.45) is 0. The van der Waals surface area contributed by atoms with Crippen LogP contribution in [0.4, 0.5) is 0 Å². The molecule has 0 spiro atoms. The number of carbonyl (C=O) groups excluding carboxylic acids is 2. The van der Waals surface area contributed by atoms with E-state index in [4.69, 9.17) is 10.8 Å². The van der Waals surface area contributed by atoms with E-state index < -0.39 is 11.3 Å². The first-order chi connectivity index (χ1) is 9.36. The van der Waals surface area contributed by atoms with Gasteiger partial charge in [-0.1, -0.05) is 11.8 Å². The van der Waals surface area contributed by atoms with Crippen molar-refractivity contribution in [3.63, 3.8) is 0 Å². The second kappa shape index (κ2) is 6.73. The molecule has 1 rings (SSSR count). The minimum absolute atomic E-state index is 0.174. The lowest BCUT2D eigenvalue weighted by Crippen LogP contribution is -2.42. The van der Waals surface area contributed by atoms with Gasteiger partial charge in [0.05, 0.1) is 5.41 Å². The van der Waals surface area contributed by atoms with Crippen molar-refractivity contribution in [2.75, 3.05) is 13.2 Å². The maximum absolute atomic E-state index is 11.9. The summed E-state index contributed by atoms with van der Waals surface area (Å²) >= 11 is 0. The first-order valence-corrected chi connectivity index (χ1v) is 6.15. The van der Waals surface area contributed by atoms with Gasteiger partial charge in [0.25, 0.3) is 5.91 Å². The van der Waals surface area contributed by atoms with Crippen LogP contribution in [0.15, 0.2) is 24.3 Å². The SMILES string of the molecule is CC(C)(CNC(=O)c1ccc(C#CCO)cc1)C(N)=O. The molecule has 2 amide bonds. The third-order valence-electron chi connectivity index (χ3n) is 2.82. The van der Waals surface area contributed by atoms with E-state index in [2.05, 4.69) is 17.2 Å². The zero-order valence-corrected chi connectivity index (χ0v) is 11.6. The van der Waals surface area contributed by atoms with Crippen molar-refractivity contribution in [2.45, 2.75) is 13.8 Å². The summed E-state index contributed by atoms with van der Waals surface area (Å²) in [6.45, 7) is 3.31. The number of aliphatic hydroxyl groups is 1. The Morgan fingerprint density at radius 1 is 1.30 bits per heavy atom. The predicted octanol–water partition coefficient (Wildman–Crippen LogP) is 0.272. The number of rotatable bonds is 4. The minimum Gasteiger partial charge on any atom is -0.384 e. The molecular weight excluding hydrogens is 256 g/mol. The summed E-state index contributed by atoms with van der Waals surface area (Å²) in [5.41, 5.74) is 5.63. The Hall–Kier alpha value is -2.32. The molecule has 0 radical (unpaired) electrons. The van der Waals surface area contributed by atoms with Gasteiger partial charge in [-0.25, -0.2) is 0 Å². The number of aliphatic hydroxyl groups excluding tert-OH is 1. The van der Waals surface area contributed by atoms with Crippen molar-refractivity contribution in [2.24, 2.45) is 11.1 Å². The minimum atomic E-state index is -0.789. The molecule has 0 bridgehead atoms. The van der Waals surface area contributed by atoms with Gasteiger partial charge < -0.3 is 16.2 Å². The van der Waals surface area contributed by atoms with Gasteiger partial charge in [-0.15, -0.1) is 0 Å². The Labute approximate surface area is 118 Å². The molecule has 20 heavy (non-hydrogen) atoms. The number of hydrogen-bond donors (Lipinski definition) is 3. The van der Waals surface area contributed by atoms with E-state index in [1.807, 2.05) is 0 Å². The van der Waals surface area contributed by atoms with E-state index in [9.17, 15) is 9.59 Å². The zero-order valence-electron chi connectivity index (χ0n) is 11.6. The van der Waals surface area contributed by atoms with Crippen molar-refractivity contribution in [3.05, 3.63) is 35.4 Å². The van der Waals surface area contributed by atoms with Crippen molar-refractivity contribution in [1.29, 1.82) is 0 Å². The molecule has 0 unspecified atom stereocenters. The molecule has 0 aliphatic rings. The Balaban J connectivity index is 2.67. The van der Waals surface area contributed by atoms with Gasteiger partial charge in [-0.3, -0.25) is 9.59 Å². The van der Waals surface area contributed by atoms with Crippen LogP contribution in [0.3, 0.4) is 0 Å². The number of primary amides is 1. The van der Waals surface area contributed by atoms with Gasteiger partial charge in [0.2, 0.25) is 5.91 Å². The molecule has 0 heterocycles. The average molecular weight is 274 g/mol. The molecule has 1 aromatic rings. The van der Waals surface area contributed by atoms with E-state index in [0.29, 0.717) is 11.1 Å². The Bertz CT molecular complexity index is 551. The van der Waals surface area contributed by atoms with Gasteiger partial charge in [0.15, 0.2) is 0 Å². The van der Waals surface area contributed by atoms with E-state index in [1.54, 1.807) is 38.1 Å². The molecule has 0 saturated carbocycles. The molecule has 106 valence electrons. The summed E-state index contributed by atoms with van der Waals surface area (Å²) in [5, 5.41) is 11.3. The second-order valence-corrected chi connectivity index (χ2v) is 4.97. The van der Waals surface area contributed by atoms with Gasteiger partial charge >= 0.3 is 0 Å². The maximum Gasteiger partial charge on any atom is 0.251 e. The molecule has 0 fully saturated rings. The Morgan fingerprint density at radius 2 is 1.90 bits per heavy atom. The summed E-state index contributed by atoms with van der Waals surface area (Å²) in [4.78, 5) is 23.1. The molecule has 4 N–H and O–H groups in total. The van der Waals surface area contributed by atoms with Gasteiger partial charge in [-0.2, -0.15) is 0 Å². The average Bonchev–Trinajstić information content (AvgIpc) is 2.43. The van der Waals surface area contributed by atoms with Gasteiger partial charge in [0.1, 0.15) is 6.61 Å². The molecule has 5 heteroatoms. The van der Waals surface area contributed by atoms with E-state index in [0.717, 1.165) is 0 Å². The van der Waals surface area contributed by atoms with Crippen molar-refractivity contribution in [3.8, 4) is 11.8 Å². The monoisotopic (exact) mass is 274 g/mol. The number of benzene rings is 1. The number of carbonyl (C=O) groups is 2. The summed E-state index contributed by atoms with van der Waals surface area (Å²) in [5.74, 6) is 4.52. The van der Waals surface area contributed by atoms with Crippen LogP contribution < -0.4 is 11.1 Å². The highest BCUT2D eigenvalue weighted by molar-refractivity contribution is 5.94. The van der Waals surface area contributed by atoms with Crippen LogP contribution in [0.5, 0.6) is 0 Å². The molecule has 5 nitrogen and oxygen atoms in total. The fourth-order valence-electron chi connectivity index (χ4n) is 1.34. The fraction of sp³-hybridized carbons (Fsp3) is 0.333. The molecule has 1 aromatic carbocycles. The molecule has 0 aromatic heterocycles. The third kappa shape index (κ3) is 4.41. The third-order valence-corrected chi connectivity index (χ3v) is 2.82. The Morgan fingerprint density at radius 3 is 2.40 bits per heavy atom. The first-order valence-electron chi connectivity index (χ1n) is 6.15. The summed E-state index contributed by atoms with van der Waals surface area (Å²) in [7, 11) is 0. The van der Waals surface area contributed by atoms with Crippen molar-refractivity contribution >= 4 is 11.8 Å². The molecule has 0 saturated heterocycles. The normalized spacial score (nSPS) is 10.3. The number of nitrogens with one attached hydrogen (secondary N) is 1. The standard InChI is InChI=1S/C15H18N2O3/c1-15(2,14(16)20)10-17-13(19)12-7-5-11(6-8-12)4-3-9-18/h5-8,18H,9-10H2,1-2H3,(H2,16,20)(H,17,19). The van der Waals surface area contributed by atoms with E-state index in [-0.39, 0.29) is 19.1 Å². The van der Waals surface area contributed by atoms with Crippen LogP contribution in [0.1, 0.15) is 29.8 Å². The number of amides is 2. The van der Waals surface area contributed by atoms with Crippen LogP contribution in [0.2, 0.25) is 0 Å². The maximum atomic E-state index is 11.9. The highest BCUT2D eigenvalue weighted by Gasteiger charge is 2.25. The largest absolute Gasteiger partial charge is 0.384 e. The number of nitrogens with two attached hydrogens (primary N) is 1. The van der Waals surface area contributed by atoms with Crippen LogP contribution in [-0.2, 0) is 4.79 Å². The van der Waals surface area contributed by atoms with Crippen LogP contribution in [-0.4, -0.2) is 30.1 Å². The number of hydrogen-bond acceptors (Lipinski definition) is 3. The van der Waals surface area contributed by atoms with Crippen LogP contribution >= 0.6 is 0 Å². The first kappa shape index (κ1) is 15.7. The zero-order chi connectivity index (χ0) is 15.2. The van der Waals surface area contributed by atoms with E-state index in [1.165, 1.54) is 0 Å². The highest BCUT2D eigenvalue weighted by atomic mass is 16.2. The lowest BCUT2D eigenvalue weighted by atomic mass is 9.92. The quantitative estimate of drug-likeness (QED) is 0.688. The van der Waals surface area contributed by atoms with Crippen molar-refractivity contribution in [1.82, 2.24) is 5.32 Å². The smallest absolute Gasteiger partial charge is 0.251 e. The predicted molar refractivity (Wildman–Crippen MR) is 75.7 cm³/mol. The molecule has 0 aliphatic carbocycles. The highest BCUT2D eigenvalue weighted by Crippen LogP contribution is 2.12. The topological polar surface area (TPSA) is 92.4 Å². The van der Waals surface area contributed by atoms with Gasteiger partial charge in [0, 0.05) is 17.7 Å². The molecule has 0 atom stereocenters. The van der Waals surface area contributed by atoms with Gasteiger partial charge in [-0.05, 0) is 38.1 Å². The van der Waals surface area contributed by atoms with Crippen molar-refractivity contribution < 1.29 is 14.7 Å².